The van der Waals surface area contributed by atoms with Crippen molar-refractivity contribution in [3.05, 3.63) is 11.4 Å². The summed E-state index contributed by atoms with van der Waals surface area (Å²) >= 11 is 0. The van der Waals surface area contributed by atoms with Gasteiger partial charge in [-0.2, -0.15) is 5.10 Å². The minimum Gasteiger partial charge on any atom is -0.395 e. The van der Waals surface area contributed by atoms with Crippen molar-refractivity contribution < 1.29 is 4.79 Å². The molecule has 0 aromatic carbocycles. The van der Waals surface area contributed by atoms with E-state index < -0.39 is 0 Å². The lowest BCUT2D eigenvalue weighted by Gasteiger charge is -2.33. The first-order chi connectivity index (χ1) is 9.41. The van der Waals surface area contributed by atoms with Crippen molar-refractivity contribution in [1.82, 2.24) is 15.1 Å². The van der Waals surface area contributed by atoms with Crippen LogP contribution in [0.1, 0.15) is 68.6 Å². The Morgan fingerprint density at radius 3 is 2.70 bits per heavy atom. The van der Waals surface area contributed by atoms with E-state index in [4.69, 9.17) is 5.73 Å². The van der Waals surface area contributed by atoms with Gasteiger partial charge >= 0.3 is 0 Å². The van der Waals surface area contributed by atoms with Crippen molar-refractivity contribution in [2.24, 2.45) is 5.92 Å². The third kappa shape index (κ3) is 2.81. The monoisotopic (exact) mass is 278 g/mol. The Hall–Kier alpha value is -1.52. The molecule has 2 rings (SSSR count). The highest BCUT2D eigenvalue weighted by atomic mass is 16.2. The molecule has 0 saturated heterocycles. The second kappa shape index (κ2) is 5.85. The van der Waals surface area contributed by atoms with Gasteiger partial charge in [-0.25, -0.2) is 0 Å². The number of nitrogens with two attached hydrogens (primary N) is 1. The summed E-state index contributed by atoms with van der Waals surface area (Å²) in [5, 5.41) is 7.03. The lowest BCUT2D eigenvalue weighted by atomic mass is 9.86. The van der Waals surface area contributed by atoms with Crippen LogP contribution in [0.3, 0.4) is 0 Å². The van der Waals surface area contributed by atoms with E-state index in [0.29, 0.717) is 23.3 Å². The summed E-state index contributed by atoms with van der Waals surface area (Å²) in [5.41, 5.74) is 7.78. The van der Waals surface area contributed by atoms with Gasteiger partial charge < -0.3 is 10.6 Å². The normalized spacial score (nSPS) is 23.1. The molecular formula is C15H26N4O. The van der Waals surface area contributed by atoms with Gasteiger partial charge in [-0.15, -0.1) is 0 Å². The minimum atomic E-state index is -0.0650. The van der Waals surface area contributed by atoms with Gasteiger partial charge in [0.15, 0.2) is 5.69 Å². The number of hydrogen-bond donors (Lipinski definition) is 2. The molecule has 1 heterocycles. The highest BCUT2D eigenvalue weighted by Crippen LogP contribution is 2.29. The van der Waals surface area contributed by atoms with Gasteiger partial charge in [0.1, 0.15) is 0 Å². The summed E-state index contributed by atoms with van der Waals surface area (Å²) < 4.78 is 0. The van der Waals surface area contributed by atoms with Gasteiger partial charge in [-0.05, 0) is 24.7 Å². The zero-order valence-corrected chi connectivity index (χ0v) is 12.9. The Bertz CT molecular complexity index is 480. The van der Waals surface area contributed by atoms with Crippen LogP contribution >= 0.6 is 0 Å². The van der Waals surface area contributed by atoms with Gasteiger partial charge in [-0.3, -0.25) is 9.89 Å². The molecule has 0 bridgehead atoms. The summed E-state index contributed by atoms with van der Waals surface area (Å²) in [7, 11) is 1.87. The molecular weight excluding hydrogens is 252 g/mol. The van der Waals surface area contributed by atoms with Crippen LogP contribution in [0.5, 0.6) is 0 Å². The molecule has 0 radical (unpaired) electrons. The predicted molar refractivity (Wildman–Crippen MR) is 80.6 cm³/mol. The Balaban J connectivity index is 2.14. The lowest BCUT2D eigenvalue weighted by molar-refractivity contribution is 0.0667. The van der Waals surface area contributed by atoms with E-state index in [-0.39, 0.29) is 11.8 Å². The lowest BCUT2D eigenvalue weighted by Crippen LogP contribution is -2.40. The molecule has 1 aliphatic rings. The molecule has 5 nitrogen and oxygen atoms in total. The number of nitrogens with one attached hydrogen (secondary N) is 1. The number of H-pyrrole nitrogens is 1. The van der Waals surface area contributed by atoms with Crippen LogP contribution in [0, 0.1) is 5.92 Å². The fraction of sp³-hybridized carbons (Fsp3) is 0.733. The van der Waals surface area contributed by atoms with Crippen LogP contribution in [0.2, 0.25) is 0 Å². The summed E-state index contributed by atoms with van der Waals surface area (Å²) in [6, 6.07) is 0.310. The maximum Gasteiger partial charge on any atom is 0.276 e. The molecule has 5 heteroatoms. The van der Waals surface area contributed by atoms with E-state index in [0.717, 1.165) is 18.5 Å². The number of amides is 1. The fourth-order valence-electron chi connectivity index (χ4n) is 3.05. The van der Waals surface area contributed by atoms with Gasteiger partial charge in [0.2, 0.25) is 0 Å². The quantitative estimate of drug-likeness (QED) is 0.892. The number of rotatable bonds is 3. The van der Waals surface area contributed by atoms with Crippen molar-refractivity contribution in [1.29, 1.82) is 0 Å². The van der Waals surface area contributed by atoms with Gasteiger partial charge in [0.05, 0.1) is 11.4 Å². The van der Waals surface area contributed by atoms with Crippen LogP contribution in [-0.4, -0.2) is 34.1 Å². The van der Waals surface area contributed by atoms with Crippen molar-refractivity contribution >= 4 is 11.6 Å². The third-order valence-corrected chi connectivity index (χ3v) is 4.39. The van der Waals surface area contributed by atoms with E-state index in [1.54, 1.807) is 0 Å². The standard InChI is InChI=1S/C15H26N4O/c1-9(2)13-12(16)14(18-17-13)15(20)19(4)11-7-5-6-10(3)8-11/h9-11H,5-8,16H2,1-4H3,(H,17,18). The fourth-order valence-corrected chi connectivity index (χ4v) is 3.05. The number of nitrogens with zero attached hydrogens (tertiary/aromatic N) is 2. The average molecular weight is 278 g/mol. The van der Waals surface area contributed by atoms with Crippen LogP contribution in [0.4, 0.5) is 5.69 Å². The molecule has 1 saturated carbocycles. The minimum absolute atomic E-state index is 0.0650. The predicted octanol–water partition coefficient (Wildman–Crippen LogP) is 2.77. The Morgan fingerprint density at radius 2 is 2.15 bits per heavy atom. The molecule has 0 spiro atoms. The average Bonchev–Trinajstić information content (AvgIpc) is 2.79. The van der Waals surface area contributed by atoms with E-state index in [1.165, 1.54) is 12.8 Å². The molecule has 20 heavy (non-hydrogen) atoms. The van der Waals surface area contributed by atoms with Crippen molar-refractivity contribution in [2.45, 2.75) is 58.4 Å². The third-order valence-electron chi connectivity index (χ3n) is 4.39. The first-order valence-electron chi connectivity index (χ1n) is 7.52. The Kier molecular flexibility index (Phi) is 4.35. The molecule has 3 N–H and O–H groups in total. The van der Waals surface area contributed by atoms with Crippen LogP contribution < -0.4 is 5.73 Å². The molecule has 2 atom stereocenters. The second-order valence-corrected chi connectivity index (χ2v) is 6.40. The number of nitrogen functional groups attached to an aromatic ring is 1. The molecule has 0 aliphatic heterocycles. The number of anilines is 1. The molecule has 1 aliphatic carbocycles. The topological polar surface area (TPSA) is 75.0 Å². The molecule has 1 amide bonds. The zero-order chi connectivity index (χ0) is 14.9. The first-order valence-corrected chi connectivity index (χ1v) is 7.52. The summed E-state index contributed by atoms with van der Waals surface area (Å²) in [6.45, 7) is 6.32. The van der Waals surface area contributed by atoms with Crippen LogP contribution in [0.25, 0.3) is 0 Å². The maximum atomic E-state index is 12.6. The molecule has 1 fully saturated rings. The van der Waals surface area contributed by atoms with Crippen LogP contribution in [-0.2, 0) is 0 Å². The smallest absolute Gasteiger partial charge is 0.276 e. The molecule has 112 valence electrons. The molecule has 2 unspecified atom stereocenters. The summed E-state index contributed by atoms with van der Waals surface area (Å²) in [5.74, 6) is 0.862. The van der Waals surface area contributed by atoms with Crippen molar-refractivity contribution in [2.75, 3.05) is 12.8 Å². The van der Waals surface area contributed by atoms with E-state index >= 15 is 0 Å². The Morgan fingerprint density at radius 1 is 1.45 bits per heavy atom. The maximum absolute atomic E-state index is 12.6. The number of hydrogen-bond acceptors (Lipinski definition) is 3. The van der Waals surface area contributed by atoms with Crippen molar-refractivity contribution in [3.8, 4) is 0 Å². The number of aromatic amines is 1. The van der Waals surface area contributed by atoms with Gasteiger partial charge in [0, 0.05) is 13.1 Å². The molecule has 1 aromatic heterocycles. The molecule has 1 aromatic rings. The zero-order valence-electron chi connectivity index (χ0n) is 12.9. The highest BCUT2D eigenvalue weighted by Gasteiger charge is 2.29. The summed E-state index contributed by atoms with van der Waals surface area (Å²) in [6.07, 6.45) is 4.61. The van der Waals surface area contributed by atoms with Gasteiger partial charge in [-0.1, -0.05) is 33.6 Å². The van der Waals surface area contributed by atoms with Gasteiger partial charge in [0.25, 0.3) is 5.91 Å². The number of aromatic nitrogens is 2. The second-order valence-electron chi connectivity index (χ2n) is 6.40. The van der Waals surface area contributed by atoms with E-state index in [9.17, 15) is 4.79 Å². The van der Waals surface area contributed by atoms with Crippen molar-refractivity contribution in [3.63, 3.8) is 0 Å². The summed E-state index contributed by atoms with van der Waals surface area (Å²) in [4.78, 5) is 14.4. The van der Waals surface area contributed by atoms with E-state index in [2.05, 4.69) is 17.1 Å². The van der Waals surface area contributed by atoms with Crippen LogP contribution in [0.15, 0.2) is 0 Å². The SMILES string of the molecule is CC1CCCC(N(C)C(=O)c2n[nH]c(C(C)C)c2N)C1. The first kappa shape index (κ1) is 14.9. The number of carbonyl (C=O) groups excluding carboxylic acids is 1. The largest absolute Gasteiger partial charge is 0.395 e. The van der Waals surface area contributed by atoms with E-state index in [1.807, 2.05) is 25.8 Å². The number of carbonyl (C=O) groups is 1. The Labute approximate surface area is 120 Å². The highest BCUT2D eigenvalue weighted by molar-refractivity contribution is 5.97.